The standard InChI is InChI=1S/C17H22N2O3S/c1-2-8-19(11-13-5-3-4-9-21-13)16(20)12-6-7-14-15(10-12)22-17(23)18-14/h6-7,10,13H,2-5,8-9,11H2,1H3,(H,18,23)/t13-/m1/s1. The van der Waals surface area contributed by atoms with Crippen molar-refractivity contribution in [3.8, 4) is 0 Å². The van der Waals surface area contributed by atoms with Gasteiger partial charge in [0, 0.05) is 25.3 Å². The van der Waals surface area contributed by atoms with E-state index in [1.54, 1.807) is 6.07 Å². The van der Waals surface area contributed by atoms with Gasteiger partial charge >= 0.3 is 0 Å². The molecule has 1 saturated heterocycles. The van der Waals surface area contributed by atoms with Crippen molar-refractivity contribution < 1.29 is 13.9 Å². The van der Waals surface area contributed by atoms with Crippen LogP contribution in [0.15, 0.2) is 22.6 Å². The van der Waals surface area contributed by atoms with Crippen molar-refractivity contribution in [2.45, 2.75) is 38.7 Å². The van der Waals surface area contributed by atoms with Crippen LogP contribution in [-0.2, 0) is 4.74 Å². The van der Waals surface area contributed by atoms with Crippen LogP contribution in [0, 0.1) is 4.84 Å². The van der Waals surface area contributed by atoms with Gasteiger partial charge < -0.3 is 19.0 Å². The predicted octanol–water partition coefficient (Wildman–Crippen LogP) is 3.91. The Labute approximate surface area is 140 Å². The van der Waals surface area contributed by atoms with Crippen LogP contribution in [0.4, 0.5) is 0 Å². The molecule has 1 atom stereocenters. The zero-order valence-electron chi connectivity index (χ0n) is 13.3. The molecule has 1 aliphatic heterocycles. The van der Waals surface area contributed by atoms with Crippen LogP contribution >= 0.6 is 12.2 Å². The van der Waals surface area contributed by atoms with Gasteiger partial charge in [-0.25, -0.2) is 0 Å². The van der Waals surface area contributed by atoms with E-state index in [4.69, 9.17) is 21.4 Å². The Balaban J connectivity index is 1.78. The van der Waals surface area contributed by atoms with Gasteiger partial charge in [-0.3, -0.25) is 4.79 Å². The van der Waals surface area contributed by atoms with Crippen molar-refractivity contribution in [2.24, 2.45) is 0 Å². The second kappa shape index (κ2) is 7.27. The SMILES string of the molecule is CCCN(C[C@H]1CCCCO1)C(=O)c1ccc2[nH]c(=S)oc2c1. The average molecular weight is 334 g/mol. The molecule has 2 heterocycles. The van der Waals surface area contributed by atoms with Gasteiger partial charge in [0.25, 0.3) is 10.7 Å². The molecule has 1 aliphatic rings. The summed E-state index contributed by atoms with van der Waals surface area (Å²) in [6.45, 7) is 4.26. The first-order chi connectivity index (χ1) is 11.2. The van der Waals surface area contributed by atoms with Gasteiger partial charge in [0.15, 0.2) is 5.58 Å². The second-order valence-corrected chi connectivity index (χ2v) is 6.34. The van der Waals surface area contributed by atoms with Gasteiger partial charge in [0.1, 0.15) is 0 Å². The Morgan fingerprint density at radius 2 is 2.30 bits per heavy atom. The average Bonchev–Trinajstić information content (AvgIpc) is 2.94. The summed E-state index contributed by atoms with van der Waals surface area (Å²) in [5.74, 6) is 0.0187. The number of oxazole rings is 1. The predicted molar refractivity (Wildman–Crippen MR) is 91.2 cm³/mol. The Morgan fingerprint density at radius 3 is 3.04 bits per heavy atom. The van der Waals surface area contributed by atoms with E-state index in [1.165, 1.54) is 6.42 Å². The van der Waals surface area contributed by atoms with Crippen LogP contribution < -0.4 is 0 Å². The van der Waals surface area contributed by atoms with E-state index in [1.807, 2.05) is 17.0 Å². The minimum Gasteiger partial charge on any atom is -0.429 e. The van der Waals surface area contributed by atoms with Crippen LogP contribution in [0.1, 0.15) is 43.0 Å². The summed E-state index contributed by atoms with van der Waals surface area (Å²) in [5.41, 5.74) is 2.05. The number of nitrogens with one attached hydrogen (secondary N) is 1. The number of rotatable bonds is 5. The van der Waals surface area contributed by atoms with E-state index in [2.05, 4.69) is 11.9 Å². The zero-order chi connectivity index (χ0) is 16.2. The zero-order valence-corrected chi connectivity index (χ0v) is 14.2. The molecule has 2 aromatic rings. The molecule has 3 rings (SSSR count). The number of nitrogens with zero attached hydrogens (tertiary/aromatic N) is 1. The molecule has 5 nitrogen and oxygen atoms in total. The highest BCUT2D eigenvalue weighted by Gasteiger charge is 2.22. The van der Waals surface area contributed by atoms with Crippen LogP contribution in [0.25, 0.3) is 11.1 Å². The molecule has 1 amide bonds. The highest BCUT2D eigenvalue weighted by Crippen LogP contribution is 2.19. The van der Waals surface area contributed by atoms with E-state index >= 15 is 0 Å². The monoisotopic (exact) mass is 334 g/mol. The van der Waals surface area contributed by atoms with Crippen LogP contribution in [-0.4, -0.2) is 41.6 Å². The van der Waals surface area contributed by atoms with Crippen molar-refractivity contribution in [1.29, 1.82) is 0 Å². The lowest BCUT2D eigenvalue weighted by Crippen LogP contribution is -2.40. The van der Waals surface area contributed by atoms with E-state index in [9.17, 15) is 4.79 Å². The minimum absolute atomic E-state index is 0.0187. The minimum atomic E-state index is 0.0187. The first-order valence-electron chi connectivity index (χ1n) is 8.21. The number of benzene rings is 1. The number of aromatic amines is 1. The van der Waals surface area contributed by atoms with E-state index in [0.717, 1.165) is 37.9 Å². The molecule has 0 bridgehead atoms. The normalized spacial score (nSPS) is 18.2. The lowest BCUT2D eigenvalue weighted by molar-refractivity contribution is -0.00383. The fraction of sp³-hybridized carbons (Fsp3) is 0.529. The molecular formula is C17H22N2O3S. The van der Waals surface area contributed by atoms with Gasteiger partial charge in [-0.1, -0.05) is 6.92 Å². The van der Waals surface area contributed by atoms with E-state index in [-0.39, 0.29) is 12.0 Å². The quantitative estimate of drug-likeness (QED) is 0.842. The van der Waals surface area contributed by atoms with Crippen molar-refractivity contribution in [3.05, 3.63) is 28.6 Å². The smallest absolute Gasteiger partial charge is 0.266 e. The first-order valence-corrected chi connectivity index (χ1v) is 8.62. The lowest BCUT2D eigenvalue weighted by Gasteiger charge is -2.30. The summed E-state index contributed by atoms with van der Waals surface area (Å²) in [6.07, 6.45) is 4.39. The number of amides is 1. The number of hydrogen-bond acceptors (Lipinski definition) is 4. The molecule has 1 aromatic heterocycles. The number of H-pyrrole nitrogens is 1. The third-order valence-electron chi connectivity index (χ3n) is 4.15. The van der Waals surface area contributed by atoms with Crippen molar-refractivity contribution in [2.75, 3.05) is 19.7 Å². The number of carbonyl (C=O) groups excluding carboxylic acids is 1. The molecule has 124 valence electrons. The maximum absolute atomic E-state index is 12.9. The summed E-state index contributed by atoms with van der Waals surface area (Å²) >= 11 is 4.99. The Morgan fingerprint density at radius 1 is 1.43 bits per heavy atom. The van der Waals surface area contributed by atoms with Crippen LogP contribution in [0.3, 0.4) is 0 Å². The van der Waals surface area contributed by atoms with E-state index in [0.29, 0.717) is 22.5 Å². The van der Waals surface area contributed by atoms with Crippen LogP contribution in [0.5, 0.6) is 0 Å². The number of aromatic nitrogens is 1. The molecule has 0 radical (unpaired) electrons. The fourth-order valence-electron chi connectivity index (χ4n) is 3.00. The molecule has 1 N–H and O–H groups in total. The molecule has 0 spiro atoms. The van der Waals surface area contributed by atoms with Crippen LogP contribution in [0.2, 0.25) is 0 Å². The number of ether oxygens (including phenoxy) is 1. The molecule has 1 fully saturated rings. The Kier molecular flexibility index (Phi) is 5.13. The largest absolute Gasteiger partial charge is 0.429 e. The first kappa shape index (κ1) is 16.2. The highest BCUT2D eigenvalue weighted by molar-refractivity contribution is 7.71. The second-order valence-electron chi connectivity index (χ2n) is 5.97. The molecule has 23 heavy (non-hydrogen) atoms. The highest BCUT2D eigenvalue weighted by atomic mass is 32.1. The summed E-state index contributed by atoms with van der Waals surface area (Å²) in [4.78, 5) is 18.0. The number of hydrogen-bond donors (Lipinski definition) is 1. The molecule has 0 saturated carbocycles. The third kappa shape index (κ3) is 3.82. The Hall–Kier alpha value is -1.66. The van der Waals surface area contributed by atoms with Gasteiger partial charge in [0.05, 0.1) is 11.6 Å². The molecule has 0 aliphatic carbocycles. The summed E-state index contributed by atoms with van der Waals surface area (Å²) in [6, 6.07) is 5.41. The fourth-order valence-corrected chi connectivity index (χ4v) is 3.20. The maximum atomic E-state index is 12.9. The van der Waals surface area contributed by atoms with Crippen molar-refractivity contribution >= 4 is 29.2 Å². The Bertz CT molecular complexity index is 731. The maximum Gasteiger partial charge on any atom is 0.266 e. The van der Waals surface area contributed by atoms with E-state index < -0.39 is 0 Å². The van der Waals surface area contributed by atoms with Gasteiger partial charge in [0.2, 0.25) is 0 Å². The molecule has 1 aromatic carbocycles. The molecule has 6 heteroatoms. The lowest BCUT2D eigenvalue weighted by atomic mass is 10.1. The van der Waals surface area contributed by atoms with Gasteiger partial charge in [-0.05, 0) is 56.1 Å². The van der Waals surface area contributed by atoms with Gasteiger partial charge in [-0.2, -0.15) is 0 Å². The van der Waals surface area contributed by atoms with Crippen molar-refractivity contribution in [3.63, 3.8) is 0 Å². The van der Waals surface area contributed by atoms with Gasteiger partial charge in [-0.15, -0.1) is 0 Å². The third-order valence-corrected chi connectivity index (χ3v) is 4.33. The topological polar surface area (TPSA) is 58.5 Å². The number of carbonyl (C=O) groups is 1. The molecular weight excluding hydrogens is 312 g/mol. The summed E-state index contributed by atoms with van der Waals surface area (Å²) in [7, 11) is 0. The van der Waals surface area contributed by atoms with Crippen molar-refractivity contribution in [1.82, 2.24) is 9.88 Å². The number of fused-ring (bicyclic) bond motifs is 1. The summed E-state index contributed by atoms with van der Waals surface area (Å²) < 4.78 is 11.2. The molecule has 0 unspecified atom stereocenters. The summed E-state index contributed by atoms with van der Waals surface area (Å²) in [5, 5.41) is 0.